The van der Waals surface area contributed by atoms with Crippen LogP contribution in [0.3, 0.4) is 0 Å². The zero-order valence-corrected chi connectivity index (χ0v) is 15.7. The second kappa shape index (κ2) is 8.31. The van der Waals surface area contributed by atoms with Crippen LogP contribution in [0.2, 0.25) is 0 Å². The highest BCUT2D eigenvalue weighted by molar-refractivity contribution is 7.99. The molecule has 1 fully saturated rings. The van der Waals surface area contributed by atoms with Crippen molar-refractivity contribution in [2.75, 3.05) is 22.5 Å². The molecule has 1 N–H and O–H groups in total. The number of amides is 2. The second-order valence-corrected chi connectivity index (χ2v) is 7.48. The summed E-state index contributed by atoms with van der Waals surface area (Å²) in [4.78, 5) is 26.1. The van der Waals surface area contributed by atoms with Gasteiger partial charge in [0.1, 0.15) is 0 Å². The minimum absolute atomic E-state index is 0.0916. The highest BCUT2D eigenvalue weighted by Crippen LogP contribution is 2.29. The third-order valence-corrected chi connectivity index (χ3v) is 4.87. The second-order valence-electron chi connectivity index (χ2n) is 6.54. The lowest BCUT2D eigenvalue weighted by Gasteiger charge is -2.19. The van der Waals surface area contributed by atoms with Crippen LogP contribution in [-0.4, -0.2) is 44.3 Å². The Morgan fingerprint density at radius 3 is 2.88 bits per heavy atom. The first-order valence-corrected chi connectivity index (χ1v) is 9.61. The van der Waals surface area contributed by atoms with Gasteiger partial charge in [-0.2, -0.15) is 0 Å². The van der Waals surface area contributed by atoms with Gasteiger partial charge in [0.05, 0.1) is 17.1 Å². The molecule has 1 aromatic heterocycles. The van der Waals surface area contributed by atoms with Gasteiger partial charge < -0.3 is 10.2 Å². The van der Waals surface area contributed by atoms with Crippen LogP contribution in [0.25, 0.3) is 0 Å². The Balaban J connectivity index is 1.62. The minimum Gasteiger partial charge on any atom is -0.324 e. The van der Waals surface area contributed by atoms with Crippen molar-refractivity contribution in [3.05, 3.63) is 24.3 Å². The van der Waals surface area contributed by atoms with Crippen molar-refractivity contribution in [3.63, 3.8) is 0 Å². The average Bonchev–Trinajstić information content (AvgIpc) is 3.22. The molecule has 1 aliphatic rings. The number of benzene rings is 1. The van der Waals surface area contributed by atoms with Crippen LogP contribution in [-0.2, 0) is 16.1 Å². The van der Waals surface area contributed by atoms with Crippen LogP contribution in [0.1, 0.15) is 26.7 Å². The number of anilines is 2. The molecule has 2 heterocycles. The van der Waals surface area contributed by atoms with Gasteiger partial charge in [-0.25, -0.2) is 4.68 Å². The Kier molecular flexibility index (Phi) is 5.87. The van der Waals surface area contributed by atoms with Crippen LogP contribution >= 0.6 is 11.8 Å². The Morgan fingerprint density at radius 1 is 1.35 bits per heavy atom. The lowest BCUT2D eigenvalue weighted by Crippen LogP contribution is -2.26. The largest absolute Gasteiger partial charge is 0.324 e. The number of rotatable bonds is 7. The van der Waals surface area contributed by atoms with Crippen LogP contribution < -0.4 is 10.2 Å². The van der Waals surface area contributed by atoms with Gasteiger partial charge in [0.25, 0.3) is 0 Å². The number of nitrogens with zero attached hydrogens (tertiary/aromatic N) is 5. The zero-order chi connectivity index (χ0) is 18.5. The fraction of sp³-hybridized carbons (Fsp3) is 0.471. The lowest BCUT2D eigenvalue weighted by atomic mass is 10.2. The molecule has 0 saturated carbocycles. The molecule has 0 radical (unpaired) electrons. The summed E-state index contributed by atoms with van der Waals surface area (Å²) in [6, 6.07) is 7.38. The van der Waals surface area contributed by atoms with Crippen molar-refractivity contribution < 1.29 is 9.59 Å². The van der Waals surface area contributed by atoms with E-state index in [1.807, 2.05) is 24.3 Å². The number of nitrogens with one attached hydrogen (secondary N) is 1. The van der Waals surface area contributed by atoms with Crippen LogP contribution in [0, 0.1) is 5.92 Å². The molecule has 9 heteroatoms. The molecule has 2 aromatic rings. The van der Waals surface area contributed by atoms with Crippen molar-refractivity contribution in [1.82, 2.24) is 20.2 Å². The van der Waals surface area contributed by atoms with Gasteiger partial charge in [0.2, 0.25) is 17.0 Å². The van der Waals surface area contributed by atoms with Crippen molar-refractivity contribution in [2.45, 2.75) is 38.4 Å². The maximum atomic E-state index is 12.4. The Hall–Kier alpha value is -2.42. The first-order valence-electron chi connectivity index (χ1n) is 8.63. The third-order valence-electron chi connectivity index (χ3n) is 3.91. The molecular weight excluding hydrogens is 352 g/mol. The van der Waals surface area contributed by atoms with E-state index in [1.165, 1.54) is 11.8 Å². The van der Waals surface area contributed by atoms with E-state index in [0.29, 0.717) is 36.3 Å². The van der Waals surface area contributed by atoms with E-state index in [0.717, 1.165) is 12.1 Å². The monoisotopic (exact) mass is 374 g/mol. The molecule has 0 unspecified atom stereocenters. The predicted molar refractivity (Wildman–Crippen MR) is 100 cm³/mol. The highest BCUT2D eigenvalue weighted by Gasteiger charge is 2.24. The molecule has 0 aliphatic carbocycles. The number of hydrogen-bond acceptors (Lipinski definition) is 6. The summed E-state index contributed by atoms with van der Waals surface area (Å²) in [6.07, 6.45) is 1.39. The van der Waals surface area contributed by atoms with E-state index in [-0.39, 0.29) is 17.6 Å². The van der Waals surface area contributed by atoms with E-state index in [9.17, 15) is 9.59 Å². The minimum atomic E-state index is -0.159. The number of para-hydroxylation sites is 2. The van der Waals surface area contributed by atoms with Crippen LogP contribution in [0.15, 0.2) is 29.4 Å². The van der Waals surface area contributed by atoms with Gasteiger partial charge in [0.15, 0.2) is 0 Å². The average molecular weight is 374 g/mol. The van der Waals surface area contributed by atoms with Crippen molar-refractivity contribution in [3.8, 4) is 0 Å². The topological polar surface area (TPSA) is 93.0 Å². The zero-order valence-electron chi connectivity index (χ0n) is 14.9. The van der Waals surface area contributed by atoms with Gasteiger partial charge in [-0.3, -0.25) is 9.59 Å². The van der Waals surface area contributed by atoms with Crippen LogP contribution in [0.4, 0.5) is 11.4 Å². The fourth-order valence-electron chi connectivity index (χ4n) is 2.79. The van der Waals surface area contributed by atoms with Gasteiger partial charge in [0, 0.05) is 19.5 Å². The van der Waals surface area contributed by atoms with Gasteiger partial charge in [-0.05, 0) is 34.9 Å². The molecule has 138 valence electrons. The van der Waals surface area contributed by atoms with Gasteiger partial charge >= 0.3 is 0 Å². The van der Waals surface area contributed by atoms with Gasteiger partial charge in [-0.15, -0.1) is 5.10 Å². The maximum Gasteiger partial charge on any atom is 0.234 e. The number of thioether (sulfide) groups is 1. The number of carbonyl (C=O) groups excluding carboxylic acids is 2. The van der Waals surface area contributed by atoms with E-state index in [4.69, 9.17) is 0 Å². The van der Waals surface area contributed by atoms with Crippen molar-refractivity contribution >= 4 is 35.0 Å². The molecule has 0 spiro atoms. The molecule has 2 amide bonds. The number of aromatic nitrogens is 4. The van der Waals surface area contributed by atoms with E-state index in [1.54, 1.807) is 9.58 Å². The molecule has 1 saturated heterocycles. The Bertz CT molecular complexity index is 791. The standard InChI is InChI=1S/C17H22N6O2S/c1-12(2)10-23-17(19-20-21-23)26-11-15(24)18-13-6-3-4-7-14(13)22-9-5-8-16(22)25/h3-4,6-7,12H,5,8-11H2,1-2H3,(H,18,24). The molecule has 0 bridgehead atoms. The summed E-state index contributed by atoms with van der Waals surface area (Å²) in [6.45, 7) is 5.56. The predicted octanol–water partition coefficient (Wildman–Crippen LogP) is 2.19. The van der Waals surface area contributed by atoms with Crippen molar-refractivity contribution in [1.29, 1.82) is 0 Å². The molecule has 8 nitrogen and oxygen atoms in total. The smallest absolute Gasteiger partial charge is 0.234 e. The molecule has 26 heavy (non-hydrogen) atoms. The van der Waals surface area contributed by atoms with E-state index >= 15 is 0 Å². The summed E-state index contributed by atoms with van der Waals surface area (Å²) in [7, 11) is 0. The summed E-state index contributed by atoms with van der Waals surface area (Å²) < 4.78 is 1.71. The van der Waals surface area contributed by atoms with E-state index < -0.39 is 0 Å². The Morgan fingerprint density at radius 2 is 2.15 bits per heavy atom. The van der Waals surface area contributed by atoms with Crippen molar-refractivity contribution in [2.24, 2.45) is 5.92 Å². The maximum absolute atomic E-state index is 12.4. The summed E-state index contributed by atoms with van der Waals surface area (Å²) in [5.74, 6) is 0.541. The molecule has 0 atom stereocenters. The number of carbonyl (C=O) groups is 2. The molecule has 3 rings (SSSR count). The lowest BCUT2D eigenvalue weighted by molar-refractivity contribution is -0.117. The van der Waals surface area contributed by atoms with Crippen LogP contribution in [0.5, 0.6) is 0 Å². The van der Waals surface area contributed by atoms with Gasteiger partial charge in [-0.1, -0.05) is 37.7 Å². The summed E-state index contributed by atoms with van der Waals surface area (Å²) >= 11 is 1.30. The third kappa shape index (κ3) is 4.40. The number of tetrazole rings is 1. The first kappa shape index (κ1) is 18.4. The quantitative estimate of drug-likeness (QED) is 0.747. The van der Waals surface area contributed by atoms with E-state index in [2.05, 4.69) is 34.7 Å². The molecule has 1 aromatic carbocycles. The fourth-order valence-corrected chi connectivity index (χ4v) is 3.48. The SMILES string of the molecule is CC(C)Cn1nnnc1SCC(=O)Nc1ccccc1N1CCCC1=O. The highest BCUT2D eigenvalue weighted by atomic mass is 32.2. The number of hydrogen-bond donors (Lipinski definition) is 1. The molecular formula is C17H22N6O2S. The summed E-state index contributed by atoms with van der Waals surface area (Å²) in [5, 5.41) is 15.1. The molecule has 1 aliphatic heterocycles. The normalized spacial score (nSPS) is 14.3. The Labute approximate surface area is 156 Å². The summed E-state index contributed by atoms with van der Waals surface area (Å²) in [5.41, 5.74) is 1.40. The first-order chi connectivity index (χ1) is 12.5.